The second kappa shape index (κ2) is 9.03. The minimum absolute atomic E-state index is 0.0943. The minimum Gasteiger partial charge on any atom is -0.497 e. The van der Waals surface area contributed by atoms with Gasteiger partial charge in [-0.05, 0) is 49.1 Å². The molecule has 0 spiro atoms. The number of hydrogen-bond acceptors (Lipinski definition) is 5. The van der Waals surface area contributed by atoms with Gasteiger partial charge in [0.2, 0.25) is 0 Å². The standard InChI is InChI=1S/C24H27N3O3/c1-17-6-5-13-27(15-17)22-12-11-18-7-3-10-21(24(18)26-22)30-16-23(28)25-19-8-4-9-20(14-19)29-2/h3-4,7-12,14,17H,5-6,13,15-16H2,1-2H3,(H,25,28). The molecule has 30 heavy (non-hydrogen) atoms. The molecule has 6 nitrogen and oxygen atoms in total. The molecule has 0 bridgehead atoms. The molecule has 1 aliphatic heterocycles. The Hall–Kier alpha value is -3.28. The highest BCUT2D eigenvalue weighted by atomic mass is 16.5. The third-order valence-corrected chi connectivity index (χ3v) is 5.36. The van der Waals surface area contributed by atoms with Crippen LogP contribution in [0.1, 0.15) is 19.8 Å². The Morgan fingerprint density at radius 3 is 2.90 bits per heavy atom. The molecule has 1 atom stereocenters. The van der Waals surface area contributed by atoms with Crippen LogP contribution in [0.3, 0.4) is 0 Å². The first-order valence-electron chi connectivity index (χ1n) is 10.3. The number of piperidine rings is 1. The van der Waals surface area contributed by atoms with Gasteiger partial charge in [0, 0.05) is 30.2 Å². The highest BCUT2D eigenvalue weighted by Gasteiger charge is 2.18. The maximum atomic E-state index is 12.4. The summed E-state index contributed by atoms with van der Waals surface area (Å²) in [6, 6.07) is 17.2. The van der Waals surface area contributed by atoms with Crippen molar-refractivity contribution in [2.45, 2.75) is 19.8 Å². The zero-order valence-corrected chi connectivity index (χ0v) is 17.4. The normalized spacial score (nSPS) is 16.3. The summed E-state index contributed by atoms with van der Waals surface area (Å²) in [5.41, 5.74) is 1.45. The Morgan fingerprint density at radius 2 is 2.07 bits per heavy atom. The highest BCUT2D eigenvalue weighted by molar-refractivity contribution is 5.92. The van der Waals surface area contributed by atoms with Crippen LogP contribution in [0.15, 0.2) is 54.6 Å². The topological polar surface area (TPSA) is 63.7 Å². The Labute approximate surface area is 176 Å². The van der Waals surface area contributed by atoms with Crippen LogP contribution in [0.25, 0.3) is 10.9 Å². The molecule has 156 valence electrons. The zero-order valence-electron chi connectivity index (χ0n) is 17.4. The molecule has 1 saturated heterocycles. The van der Waals surface area contributed by atoms with E-state index in [1.54, 1.807) is 13.2 Å². The number of anilines is 2. The first-order chi connectivity index (χ1) is 14.6. The van der Waals surface area contributed by atoms with E-state index in [1.807, 2.05) is 36.4 Å². The molecule has 0 saturated carbocycles. The third kappa shape index (κ3) is 4.64. The van der Waals surface area contributed by atoms with Crippen LogP contribution >= 0.6 is 0 Å². The van der Waals surface area contributed by atoms with Crippen LogP contribution in [0, 0.1) is 5.92 Å². The quantitative estimate of drug-likeness (QED) is 0.654. The van der Waals surface area contributed by atoms with Crippen LogP contribution in [0.2, 0.25) is 0 Å². The lowest BCUT2D eigenvalue weighted by Gasteiger charge is -2.32. The van der Waals surface area contributed by atoms with Gasteiger partial charge in [0.25, 0.3) is 5.91 Å². The summed E-state index contributed by atoms with van der Waals surface area (Å²) in [5.74, 6) is 2.70. The van der Waals surface area contributed by atoms with E-state index in [4.69, 9.17) is 14.5 Å². The van der Waals surface area contributed by atoms with Crippen molar-refractivity contribution in [3.05, 3.63) is 54.6 Å². The average molecular weight is 405 g/mol. The number of nitrogens with one attached hydrogen (secondary N) is 1. The van der Waals surface area contributed by atoms with Gasteiger partial charge in [-0.3, -0.25) is 4.79 Å². The van der Waals surface area contributed by atoms with E-state index >= 15 is 0 Å². The van der Waals surface area contributed by atoms with E-state index in [1.165, 1.54) is 12.8 Å². The summed E-state index contributed by atoms with van der Waals surface area (Å²) in [5, 5.41) is 3.83. The third-order valence-electron chi connectivity index (χ3n) is 5.36. The van der Waals surface area contributed by atoms with Crippen molar-refractivity contribution in [2.24, 2.45) is 5.92 Å². The number of carbonyl (C=O) groups excluding carboxylic acids is 1. The first kappa shape index (κ1) is 20.0. The van der Waals surface area contributed by atoms with Gasteiger partial charge in [-0.1, -0.05) is 25.1 Å². The molecule has 1 aromatic heterocycles. The van der Waals surface area contributed by atoms with E-state index < -0.39 is 0 Å². The van der Waals surface area contributed by atoms with Crippen molar-refractivity contribution in [1.82, 2.24) is 4.98 Å². The van der Waals surface area contributed by atoms with Crippen LogP contribution in [0.5, 0.6) is 11.5 Å². The smallest absolute Gasteiger partial charge is 0.262 e. The Morgan fingerprint density at radius 1 is 1.20 bits per heavy atom. The Balaban J connectivity index is 1.47. The number of nitrogens with zero attached hydrogens (tertiary/aromatic N) is 2. The number of amides is 1. The van der Waals surface area contributed by atoms with Crippen LogP contribution in [-0.2, 0) is 4.79 Å². The number of rotatable bonds is 6. The van der Waals surface area contributed by atoms with E-state index in [0.717, 1.165) is 29.8 Å². The van der Waals surface area contributed by atoms with E-state index in [2.05, 4.69) is 29.3 Å². The van der Waals surface area contributed by atoms with E-state index in [0.29, 0.717) is 23.1 Å². The molecule has 1 aliphatic rings. The van der Waals surface area contributed by atoms with Gasteiger partial charge in [-0.25, -0.2) is 4.98 Å². The minimum atomic E-state index is -0.235. The van der Waals surface area contributed by atoms with Gasteiger partial charge in [0.1, 0.15) is 22.8 Å². The number of hydrogen-bond donors (Lipinski definition) is 1. The number of pyridine rings is 1. The molecule has 2 heterocycles. The van der Waals surface area contributed by atoms with Crippen molar-refractivity contribution in [2.75, 3.05) is 37.0 Å². The lowest BCUT2D eigenvalue weighted by molar-refractivity contribution is -0.118. The number of fused-ring (bicyclic) bond motifs is 1. The van der Waals surface area contributed by atoms with E-state index in [-0.39, 0.29) is 12.5 Å². The fraction of sp³-hybridized carbons (Fsp3) is 0.333. The number of ether oxygens (including phenoxy) is 2. The lowest BCUT2D eigenvalue weighted by Crippen LogP contribution is -2.34. The summed E-state index contributed by atoms with van der Waals surface area (Å²) in [4.78, 5) is 19.6. The van der Waals surface area contributed by atoms with Crippen LogP contribution in [0.4, 0.5) is 11.5 Å². The molecule has 1 N–H and O–H groups in total. The fourth-order valence-corrected chi connectivity index (χ4v) is 3.84. The molecule has 0 aliphatic carbocycles. The van der Waals surface area contributed by atoms with E-state index in [9.17, 15) is 4.79 Å². The maximum Gasteiger partial charge on any atom is 0.262 e. The van der Waals surface area contributed by atoms with Gasteiger partial charge >= 0.3 is 0 Å². The molecule has 3 aromatic rings. The van der Waals surface area contributed by atoms with Crippen molar-refractivity contribution >= 4 is 28.3 Å². The van der Waals surface area contributed by atoms with Gasteiger partial charge in [0.05, 0.1) is 7.11 Å². The highest BCUT2D eigenvalue weighted by Crippen LogP contribution is 2.28. The molecule has 4 rings (SSSR count). The summed E-state index contributed by atoms with van der Waals surface area (Å²) in [6.45, 7) is 4.23. The summed E-state index contributed by atoms with van der Waals surface area (Å²) in [7, 11) is 1.59. The monoisotopic (exact) mass is 405 g/mol. The molecular formula is C24H27N3O3. The summed E-state index contributed by atoms with van der Waals surface area (Å²) in [6.07, 6.45) is 2.45. The lowest BCUT2D eigenvalue weighted by atomic mass is 10.0. The number of benzene rings is 2. The first-order valence-corrected chi connectivity index (χ1v) is 10.3. The number of methoxy groups -OCH3 is 1. The zero-order chi connectivity index (χ0) is 20.9. The molecule has 0 radical (unpaired) electrons. The number of para-hydroxylation sites is 1. The molecule has 1 amide bonds. The van der Waals surface area contributed by atoms with Crippen molar-refractivity contribution in [3.63, 3.8) is 0 Å². The van der Waals surface area contributed by atoms with Crippen molar-refractivity contribution in [3.8, 4) is 11.5 Å². The molecule has 6 heteroatoms. The Bertz CT molecular complexity index is 1040. The van der Waals surface area contributed by atoms with Gasteiger partial charge in [0.15, 0.2) is 6.61 Å². The summed E-state index contributed by atoms with van der Waals surface area (Å²) < 4.78 is 11.0. The van der Waals surface area contributed by atoms with Crippen molar-refractivity contribution < 1.29 is 14.3 Å². The van der Waals surface area contributed by atoms with Gasteiger partial charge in [-0.2, -0.15) is 0 Å². The predicted molar refractivity (Wildman–Crippen MR) is 119 cm³/mol. The largest absolute Gasteiger partial charge is 0.497 e. The number of aromatic nitrogens is 1. The SMILES string of the molecule is COc1cccc(NC(=O)COc2cccc3ccc(N4CCCC(C)C4)nc23)c1. The number of carbonyl (C=O) groups is 1. The van der Waals surface area contributed by atoms with Gasteiger partial charge < -0.3 is 19.7 Å². The molecule has 2 aromatic carbocycles. The van der Waals surface area contributed by atoms with Crippen LogP contribution in [-0.4, -0.2) is 37.7 Å². The van der Waals surface area contributed by atoms with Crippen molar-refractivity contribution in [1.29, 1.82) is 0 Å². The fourth-order valence-electron chi connectivity index (χ4n) is 3.84. The molecule has 1 fully saturated rings. The Kier molecular flexibility index (Phi) is 6.02. The van der Waals surface area contributed by atoms with Gasteiger partial charge in [-0.15, -0.1) is 0 Å². The predicted octanol–water partition coefficient (Wildman–Crippen LogP) is 4.50. The van der Waals surface area contributed by atoms with Crippen LogP contribution < -0.4 is 19.7 Å². The molecule has 1 unspecified atom stereocenters. The summed E-state index contributed by atoms with van der Waals surface area (Å²) >= 11 is 0. The average Bonchev–Trinajstić information content (AvgIpc) is 2.77. The second-order valence-electron chi connectivity index (χ2n) is 7.76. The maximum absolute atomic E-state index is 12.4. The molecular weight excluding hydrogens is 378 g/mol. The second-order valence-corrected chi connectivity index (χ2v) is 7.76.